The van der Waals surface area contributed by atoms with Crippen molar-refractivity contribution in [3.63, 3.8) is 0 Å². The molecule has 1 amide bonds. The minimum atomic E-state index is -0.245. The summed E-state index contributed by atoms with van der Waals surface area (Å²) in [6.07, 6.45) is 1.85. The van der Waals surface area contributed by atoms with Crippen LogP contribution < -0.4 is 10.2 Å². The lowest BCUT2D eigenvalue weighted by molar-refractivity contribution is 0.0937. The number of hydrogen-bond acceptors (Lipinski definition) is 3. The highest BCUT2D eigenvalue weighted by Gasteiger charge is 2.24. The smallest absolute Gasteiger partial charge is 0.263 e. The van der Waals surface area contributed by atoms with Gasteiger partial charge in [0.2, 0.25) is 0 Å². The largest absolute Gasteiger partial charge is 0.369 e. The topological polar surface area (TPSA) is 32.3 Å². The Kier molecular flexibility index (Phi) is 4.83. The van der Waals surface area contributed by atoms with E-state index in [0.717, 1.165) is 35.2 Å². The highest BCUT2D eigenvalue weighted by atomic mass is 35.5. The van der Waals surface area contributed by atoms with Crippen LogP contribution in [0.15, 0.2) is 48.5 Å². The minimum Gasteiger partial charge on any atom is -0.369 e. The molecule has 4 rings (SSSR count). The normalized spacial score (nSPS) is 17.5. The van der Waals surface area contributed by atoms with Gasteiger partial charge >= 0.3 is 0 Å². The molecule has 1 unspecified atom stereocenters. The van der Waals surface area contributed by atoms with E-state index >= 15 is 0 Å². The van der Waals surface area contributed by atoms with E-state index in [1.165, 1.54) is 23.5 Å². The molecule has 1 saturated heterocycles. The van der Waals surface area contributed by atoms with Gasteiger partial charge in [0.15, 0.2) is 0 Å². The van der Waals surface area contributed by atoms with Crippen molar-refractivity contribution in [1.29, 1.82) is 0 Å². The molecule has 1 fully saturated rings. The Morgan fingerprint density at radius 1 is 1.23 bits per heavy atom. The molecule has 0 saturated carbocycles. The molecular formula is C20H18ClFN2OS. The molecule has 0 radical (unpaired) electrons. The summed E-state index contributed by atoms with van der Waals surface area (Å²) in [4.78, 5) is 15.4. The number of anilines is 1. The van der Waals surface area contributed by atoms with Gasteiger partial charge in [0, 0.05) is 34.9 Å². The van der Waals surface area contributed by atoms with E-state index in [0.29, 0.717) is 16.4 Å². The number of thiophene rings is 1. The van der Waals surface area contributed by atoms with E-state index in [1.807, 2.05) is 30.3 Å². The second-order valence-electron chi connectivity index (χ2n) is 6.48. The number of rotatable bonds is 3. The summed E-state index contributed by atoms with van der Waals surface area (Å²) in [7, 11) is 0. The van der Waals surface area contributed by atoms with E-state index < -0.39 is 0 Å². The molecule has 0 aliphatic carbocycles. The first kappa shape index (κ1) is 17.3. The molecule has 134 valence electrons. The Morgan fingerprint density at radius 3 is 2.88 bits per heavy atom. The van der Waals surface area contributed by atoms with Crippen LogP contribution in [-0.4, -0.2) is 25.0 Å². The number of carbonyl (C=O) groups excluding carboxylic acids is 1. The lowest BCUT2D eigenvalue weighted by Gasteiger charge is -2.34. The van der Waals surface area contributed by atoms with Crippen molar-refractivity contribution in [3.8, 4) is 0 Å². The second-order valence-corrected chi connectivity index (χ2v) is 7.91. The van der Waals surface area contributed by atoms with Crippen molar-refractivity contribution in [3.05, 3.63) is 64.2 Å². The fraction of sp³-hybridized carbons (Fsp3) is 0.250. The number of carbonyl (C=O) groups is 1. The number of amides is 1. The van der Waals surface area contributed by atoms with Crippen LogP contribution in [0.3, 0.4) is 0 Å². The fourth-order valence-electron chi connectivity index (χ4n) is 3.41. The first-order valence-corrected chi connectivity index (χ1v) is 9.79. The van der Waals surface area contributed by atoms with Crippen LogP contribution in [0.4, 0.5) is 10.1 Å². The third-order valence-corrected chi connectivity index (χ3v) is 6.35. The third-order valence-electron chi connectivity index (χ3n) is 4.67. The number of piperidine rings is 1. The van der Waals surface area contributed by atoms with E-state index in [4.69, 9.17) is 11.6 Å². The van der Waals surface area contributed by atoms with E-state index in [1.54, 1.807) is 6.07 Å². The van der Waals surface area contributed by atoms with E-state index in [-0.39, 0.29) is 17.8 Å². The molecule has 3 nitrogen and oxygen atoms in total. The van der Waals surface area contributed by atoms with E-state index in [9.17, 15) is 9.18 Å². The predicted molar refractivity (Wildman–Crippen MR) is 106 cm³/mol. The Labute approximate surface area is 160 Å². The zero-order valence-electron chi connectivity index (χ0n) is 14.0. The van der Waals surface area contributed by atoms with Crippen LogP contribution >= 0.6 is 22.9 Å². The van der Waals surface area contributed by atoms with Gasteiger partial charge in [-0.2, -0.15) is 0 Å². The maximum absolute atomic E-state index is 13.5. The number of benzene rings is 2. The molecule has 1 aliphatic rings. The van der Waals surface area contributed by atoms with Crippen molar-refractivity contribution in [2.24, 2.45) is 0 Å². The van der Waals surface area contributed by atoms with Crippen molar-refractivity contribution in [2.45, 2.75) is 18.9 Å². The van der Waals surface area contributed by atoms with Crippen LogP contribution in [0, 0.1) is 5.82 Å². The average molecular weight is 389 g/mol. The first-order chi connectivity index (χ1) is 12.6. The quantitative estimate of drug-likeness (QED) is 0.677. The number of nitrogens with zero attached hydrogens (tertiary/aromatic N) is 1. The van der Waals surface area contributed by atoms with Gasteiger partial charge in [0.1, 0.15) is 10.7 Å². The monoisotopic (exact) mass is 388 g/mol. The summed E-state index contributed by atoms with van der Waals surface area (Å²) in [5.41, 5.74) is 0.851. The molecule has 6 heteroatoms. The molecule has 1 aliphatic heterocycles. The molecule has 1 aromatic heterocycles. The molecule has 1 atom stereocenters. The van der Waals surface area contributed by atoms with Gasteiger partial charge in [-0.3, -0.25) is 4.79 Å². The van der Waals surface area contributed by atoms with Crippen LogP contribution in [-0.2, 0) is 0 Å². The minimum absolute atomic E-state index is 0.0146. The first-order valence-electron chi connectivity index (χ1n) is 8.60. The van der Waals surface area contributed by atoms with Gasteiger partial charge in [-0.05, 0) is 37.1 Å². The van der Waals surface area contributed by atoms with Gasteiger partial charge in [0.25, 0.3) is 5.91 Å². The van der Waals surface area contributed by atoms with Gasteiger partial charge < -0.3 is 10.2 Å². The van der Waals surface area contributed by atoms with Gasteiger partial charge in [0.05, 0.1) is 5.02 Å². The zero-order valence-corrected chi connectivity index (χ0v) is 15.6. The van der Waals surface area contributed by atoms with Crippen molar-refractivity contribution < 1.29 is 9.18 Å². The highest BCUT2D eigenvalue weighted by molar-refractivity contribution is 7.21. The molecule has 3 aromatic rings. The maximum atomic E-state index is 13.5. The van der Waals surface area contributed by atoms with Crippen LogP contribution in [0.25, 0.3) is 10.1 Å². The number of hydrogen-bond donors (Lipinski definition) is 1. The Hall–Kier alpha value is -2.11. The summed E-state index contributed by atoms with van der Waals surface area (Å²) >= 11 is 7.82. The molecule has 0 bridgehead atoms. The molecule has 0 spiro atoms. The summed E-state index contributed by atoms with van der Waals surface area (Å²) in [5, 5.41) is 4.53. The zero-order chi connectivity index (χ0) is 18.1. The molecule has 26 heavy (non-hydrogen) atoms. The number of halogens is 2. The lowest BCUT2D eigenvalue weighted by atomic mass is 10.0. The predicted octanol–water partition coefficient (Wildman–Crippen LogP) is 5.09. The number of nitrogens with one attached hydrogen (secondary N) is 1. The second kappa shape index (κ2) is 7.25. The molecule has 2 heterocycles. The van der Waals surface area contributed by atoms with Crippen LogP contribution in [0.1, 0.15) is 22.5 Å². The SMILES string of the molecule is O=C(NC1CCCN(c2cccc(F)c2)C1)c1sc2ccccc2c1Cl. The van der Waals surface area contributed by atoms with Gasteiger partial charge in [-0.25, -0.2) is 4.39 Å². The number of fused-ring (bicyclic) bond motifs is 1. The Morgan fingerprint density at radius 2 is 2.08 bits per heavy atom. The van der Waals surface area contributed by atoms with Crippen molar-refractivity contribution in [1.82, 2.24) is 5.32 Å². The Balaban J connectivity index is 1.49. The average Bonchev–Trinajstić information content (AvgIpc) is 2.99. The van der Waals surface area contributed by atoms with Crippen molar-refractivity contribution in [2.75, 3.05) is 18.0 Å². The van der Waals surface area contributed by atoms with Gasteiger partial charge in [-0.15, -0.1) is 11.3 Å². The fourth-order valence-corrected chi connectivity index (χ4v) is 4.83. The highest BCUT2D eigenvalue weighted by Crippen LogP contribution is 2.35. The molecule has 1 N–H and O–H groups in total. The Bertz CT molecular complexity index is 958. The lowest BCUT2D eigenvalue weighted by Crippen LogP contribution is -2.47. The summed E-state index contributed by atoms with van der Waals surface area (Å²) in [5.74, 6) is -0.381. The molecule has 2 aromatic carbocycles. The molecular weight excluding hydrogens is 371 g/mol. The third kappa shape index (κ3) is 3.41. The summed E-state index contributed by atoms with van der Waals surface area (Å²) in [6.45, 7) is 1.52. The van der Waals surface area contributed by atoms with E-state index in [2.05, 4.69) is 10.2 Å². The standard InChI is InChI=1S/C20H18ClFN2OS/c21-18-16-8-1-2-9-17(16)26-19(18)20(25)23-14-6-4-10-24(12-14)15-7-3-5-13(22)11-15/h1-3,5,7-9,11,14H,4,6,10,12H2,(H,23,25). The summed E-state index contributed by atoms with van der Waals surface area (Å²) < 4.78 is 14.5. The van der Waals surface area contributed by atoms with Crippen LogP contribution in [0.2, 0.25) is 5.02 Å². The summed E-state index contributed by atoms with van der Waals surface area (Å²) in [6, 6.07) is 14.4. The van der Waals surface area contributed by atoms with Gasteiger partial charge in [-0.1, -0.05) is 35.9 Å². The van der Waals surface area contributed by atoms with Crippen LogP contribution in [0.5, 0.6) is 0 Å². The van der Waals surface area contributed by atoms with Crippen molar-refractivity contribution >= 4 is 44.6 Å². The maximum Gasteiger partial charge on any atom is 0.263 e.